The maximum absolute atomic E-state index is 11.1. The monoisotopic (exact) mass is 230 g/mol. The van der Waals surface area contributed by atoms with Gasteiger partial charge in [0.05, 0.1) is 6.61 Å². The first-order valence-corrected chi connectivity index (χ1v) is 5.21. The number of hydrogen-bond acceptors (Lipinski definition) is 6. The van der Waals surface area contributed by atoms with Crippen LogP contribution in [0.3, 0.4) is 0 Å². The van der Waals surface area contributed by atoms with Crippen LogP contribution in [0.25, 0.3) is 0 Å². The Kier molecular flexibility index (Phi) is 2.73. The van der Waals surface area contributed by atoms with Crippen molar-refractivity contribution in [2.24, 2.45) is 0 Å². The lowest BCUT2D eigenvalue weighted by molar-refractivity contribution is -0.176. The molecule has 4 atom stereocenters. The fourth-order valence-corrected chi connectivity index (χ4v) is 1.79. The maximum Gasteiger partial charge on any atom is 0.378 e. The molecule has 0 saturated carbocycles. The molecule has 0 aromatic heterocycles. The molecule has 0 aromatic carbocycles. The van der Waals surface area contributed by atoms with Crippen LogP contribution in [-0.4, -0.2) is 47.6 Å². The fourth-order valence-electron chi connectivity index (χ4n) is 1.79. The molecule has 2 rings (SSSR count). The van der Waals surface area contributed by atoms with Gasteiger partial charge in [0.15, 0.2) is 18.0 Å². The molecule has 2 aliphatic rings. The van der Waals surface area contributed by atoms with Gasteiger partial charge in [-0.15, -0.1) is 0 Å². The second-order valence-corrected chi connectivity index (χ2v) is 4.13. The number of ketones is 1. The minimum Gasteiger partial charge on any atom is -0.450 e. The minimum absolute atomic E-state index is 0.201. The summed E-state index contributed by atoms with van der Waals surface area (Å²) in [6, 6.07) is 0. The Morgan fingerprint density at radius 1 is 1.50 bits per heavy atom. The lowest BCUT2D eigenvalue weighted by atomic mass is 10.1. The molecule has 6 heteroatoms. The van der Waals surface area contributed by atoms with Crippen LogP contribution in [0, 0.1) is 0 Å². The molecule has 2 fully saturated rings. The van der Waals surface area contributed by atoms with Crippen molar-refractivity contribution in [2.45, 2.75) is 44.4 Å². The number of carbonyl (C=O) groups excluding carboxylic acids is 2. The first-order valence-electron chi connectivity index (χ1n) is 5.21. The highest BCUT2D eigenvalue weighted by Crippen LogP contribution is 2.31. The molecule has 0 aliphatic carbocycles. The van der Waals surface area contributed by atoms with E-state index in [1.165, 1.54) is 0 Å². The summed E-state index contributed by atoms with van der Waals surface area (Å²) in [6.45, 7) is 3.86. The minimum atomic E-state index is -1.44. The zero-order valence-corrected chi connectivity index (χ0v) is 9.13. The van der Waals surface area contributed by atoms with Crippen LogP contribution in [0.2, 0.25) is 0 Å². The molecule has 4 unspecified atom stereocenters. The van der Waals surface area contributed by atoms with E-state index in [0.717, 1.165) is 0 Å². The second kappa shape index (κ2) is 3.80. The number of hydrogen-bond donors (Lipinski definition) is 1. The predicted octanol–water partition coefficient (Wildman–Crippen LogP) is -0.617. The van der Waals surface area contributed by atoms with Crippen molar-refractivity contribution in [3.05, 3.63) is 0 Å². The van der Waals surface area contributed by atoms with Crippen LogP contribution >= 0.6 is 0 Å². The van der Waals surface area contributed by atoms with Gasteiger partial charge in [-0.25, -0.2) is 4.79 Å². The number of rotatable bonds is 2. The summed E-state index contributed by atoms with van der Waals surface area (Å²) in [5.41, 5.74) is 0. The van der Waals surface area contributed by atoms with E-state index >= 15 is 0 Å². The normalized spacial score (nSPS) is 43.8. The Balaban J connectivity index is 2.06. The molecule has 0 amide bonds. The first-order chi connectivity index (χ1) is 7.47. The third-order valence-electron chi connectivity index (χ3n) is 2.99. The summed E-state index contributed by atoms with van der Waals surface area (Å²) >= 11 is 0. The predicted molar refractivity (Wildman–Crippen MR) is 50.4 cm³/mol. The lowest BCUT2D eigenvalue weighted by Crippen LogP contribution is -2.39. The highest BCUT2D eigenvalue weighted by Gasteiger charge is 2.51. The quantitative estimate of drug-likeness (QED) is 0.503. The van der Waals surface area contributed by atoms with E-state index in [4.69, 9.17) is 14.2 Å². The average molecular weight is 230 g/mol. The van der Waals surface area contributed by atoms with Crippen LogP contribution in [0.1, 0.15) is 20.3 Å². The fraction of sp³-hybridized carbons (Fsp3) is 0.800. The smallest absolute Gasteiger partial charge is 0.378 e. The molecular formula is C10H14O6. The SMILES string of the molecule is CCC1(C)OCC(C2OC(=O)C(=O)C2O)O1. The Labute approximate surface area is 92.5 Å². The van der Waals surface area contributed by atoms with E-state index in [0.29, 0.717) is 6.42 Å². The molecular weight excluding hydrogens is 216 g/mol. The molecule has 2 heterocycles. The standard InChI is InChI=1S/C10H14O6/c1-3-10(2)14-4-5(16-10)8-6(11)7(12)9(13)15-8/h5-6,8,11H,3-4H2,1-2H3. The van der Waals surface area contributed by atoms with Gasteiger partial charge in [-0.2, -0.15) is 0 Å². The number of cyclic esters (lactones) is 1. The summed E-state index contributed by atoms with van der Waals surface area (Å²) in [4.78, 5) is 22.0. The van der Waals surface area contributed by atoms with Crippen LogP contribution in [0.15, 0.2) is 0 Å². The van der Waals surface area contributed by atoms with E-state index in [1.807, 2.05) is 6.92 Å². The third-order valence-corrected chi connectivity index (χ3v) is 2.99. The number of Topliss-reactive ketones (excluding diaryl/α,β-unsaturated/α-hetero) is 1. The van der Waals surface area contributed by atoms with Crippen LogP contribution in [0.4, 0.5) is 0 Å². The van der Waals surface area contributed by atoms with Gasteiger partial charge in [-0.3, -0.25) is 4.79 Å². The van der Waals surface area contributed by atoms with E-state index in [9.17, 15) is 14.7 Å². The molecule has 0 spiro atoms. The topological polar surface area (TPSA) is 82.1 Å². The molecule has 16 heavy (non-hydrogen) atoms. The summed E-state index contributed by atoms with van der Waals surface area (Å²) in [5.74, 6) is -2.66. The zero-order chi connectivity index (χ0) is 11.9. The first kappa shape index (κ1) is 11.5. The van der Waals surface area contributed by atoms with Gasteiger partial charge in [0, 0.05) is 0 Å². The summed E-state index contributed by atoms with van der Waals surface area (Å²) in [5, 5.41) is 9.50. The van der Waals surface area contributed by atoms with E-state index in [2.05, 4.69) is 0 Å². The molecule has 0 aromatic rings. The van der Waals surface area contributed by atoms with Gasteiger partial charge in [0.25, 0.3) is 5.78 Å². The molecule has 2 saturated heterocycles. The third kappa shape index (κ3) is 1.73. The summed E-state index contributed by atoms with van der Waals surface area (Å²) < 4.78 is 15.7. The lowest BCUT2D eigenvalue weighted by Gasteiger charge is -2.23. The number of aliphatic hydroxyl groups is 1. The van der Waals surface area contributed by atoms with Gasteiger partial charge in [0.2, 0.25) is 0 Å². The molecule has 0 radical (unpaired) electrons. The molecule has 1 N–H and O–H groups in total. The maximum atomic E-state index is 11.1. The Bertz CT molecular complexity index is 327. The van der Waals surface area contributed by atoms with Gasteiger partial charge in [0.1, 0.15) is 6.10 Å². The van der Waals surface area contributed by atoms with Crippen LogP contribution < -0.4 is 0 Å². The van der Waals surface area contributed by atoms with Gasteiger partial charge in [-0.05, 0) is 13.3 Å². The molecule has 2 aliphatic heterocycles. The van der Waals surface area contributed by atoms with Crippen molar-refractivity contribution in [3.63, 3.8) is 0 Å². The van der Waals surface area contributed by atoms with Crippen LogP contribution in [-0.2, 0) is 23.8 Å². The Morgan fingerprint density at radius 2 is 2.19 bits per heavy atom. The zero-order valence-electron chi connectivity index (χ0n) is 9.13. The van der Waals surface area contributed by atoms with Crippen molar-refractivity contribution in [2.75, 3.05) is 6.61 Å². The van der Waals surface area contributed by atoms with Crippen molar-refractivity contribution < 1.29 is 28.9 Å². The van der Waals surface area contributed by atoms with Crippen LogP contribution in [0.5, 0.6) is 0 Å². The highest BCUT2D eigenvalue weighted by atomic mass is 16.8. The number of esters is 1. The second-order valence-electron chi connectivity index (χ2n) is 4.13. The number of aliphatic hydroxyl groups excluding tert-OH is 1. The Morgan fingerprint density at radius 3 is 2.62 bits per heavy atom. The summed E-state index contributed by atoms with van der Waals surface area (Å²) in [7, 11) is 0. The van der Waals surface area contributed by atoms with Crippen molar-refractivity contribution in [1.29, 1.82) is 0 Å². The van der Waals surface area contributed by atoms with Crippen molar-refractivity contribution >= 4 is 11.8 Å². The summed E-state index contributed by atoms with van der Waals surface area (Å²) in [6.07, 6.45) is -2.35. The van der Waals surface area contributed by atoms with Gasteiger partial charge in [-0.1, -0.05) is 6.92 Å². The van der Waals surface area contributed by atoms with E-state index in [-0.39, 0.29) is 6.61 Å². The molecule has 90 valence electrons. The van der Waals surface area contributed by atoms with Gasteiger partial charge >= 0.3 is 5.97 Å². The molecule has 0 bridgehead atoms. The number of ether oxygens (including phenoxy) is 3. The average Bonchev–Trinajstić information content (AvgIpc) is 2.76. The Hall–Kier alpha value is -0.980. The molecule has 6 nitrogen and oxygen atoms in total. The van der Waals surface area contributed by atoms with Crippen molar-refractivity contribution in [1.82, 2.24) is 0 Å². The van der Waals surface area contributed by atoms with E-state index in [1.54, 1.807) is 6.92 Å². The largest absolute Gasteiger partial charge is 0.450 e. The van der Waals surface area contributed by atoms with Crippen molar-refractivity contribution in [3.8, 4) is 0 Å². The van der Waals surface area contributed by atoms with Gasteiger partial charge < -0.3 is 19.3 Å². The highest BCUT2D eigenvalue weighted by molar-refractivity contribution is 6.37. The van der Waals surface area contributed by atoms with E-state index < -0.39 is 35.9 Å². The number of carbonyl (C=O) groups is 2.